The van der Waals surface area contributed by atoms with Crippen LogP contribution >= 0.6 is 0 Å². The highest BCUT2D eigenvalue weighted by Crippen LogP contribution is 2.30. The number of rotatable bonds is 5. The van der Waals surface area contributed by atoms with Crippen LogP contribution in [0.15, 0.2) is 76.7 Å². The Bertz CT molecular complexity index is 805. The summed E-state index contributed by atoms with van der Waals surface area (Å²) in [5.41, 5.74) is 2.33. The minimum atomic E-state index is -0.206. The van der Waals surface area contributed by atoms with Gasteiger partial charge in [-0.2, -0.15) is 0 Å². The summed E-state index contributed by atoms with van der Waals surface area (Å²) >= 11 is 0. The molecule has 4 rings (SSSR count). The molecule has 2 aromatic carbocycles. The van der Waals surface area contributed by atoms with Gasteiger partial charge in [-0.05, 0) is 11.1 Å². The van der Waals surface area contributed by atoms with Crippen LogP contribution in [0.1, 0.15) is 11.1 Å². The predicted molar refractivity (Wildman–Crippen MR) is 113 cm³/mol. The molecule has 0 saturated carbocycles. The molecule has 2 aliphatic rings. The highest BCUT2D eigenvalue weighted by Gasteiger charge is 2.39. The summed E-state index contributed by atoms with van der Waals surface area (Å²) in [4.78, 5) is 13.9. The number of benzene rings is 2. The maximum Gasteiger partial charge on any atom is 0.109 e. The van der Waals surface area contributed by atoms with E-state index in [1.54, 1.807) is 6.34 Å². The van der Waals surface area contributed by atoms with Crippen LogP contribution < -0.4 is 0 Å². The van der Waals surface area contributed by atoms with Gasteiger partial charge < -0.3 is 0 Å². The number of hydrogen-bond acceptors (Lipinski definition) is 4. The van der Waals surface area contributed by atoms with Crippen LogP contribution in [-0.4, -0.2) is 61.6 Å². The fourth-order valence-electron chi connectivity index (χ4n) is 3.91. The van der Waals surface area contributed by atoms with Crippen molar-refractivity contribution in [2.75, 3.05) is 39.3 Å². The van der Waals surface area contributed by atoms with Gasteiger partial charge in [0, 0.05) is 38.9 Å². The van der Waals surface area contributed by atoms with Gasteiger partial charge in [0.05, 0.1) is 6.54 Å². The highest BCUT2D eigenvalue weighted by atomic mass is 15.3. The summed E-state index contributed by atoms with van der Waals surface area (Å²) in [5.74, 6) is 0. The standard InChI is InChI=1S/C23H26N4/c1-3-8-21(9-4-1)10-7-13-26-14-16-27(17-15-26)23(18-24-20-25-19-23)22-11-5-2-6-12-22/h1-12,18,20H,13-17,19H2. The molecule has 0 aromatic heterocycles. The Hall–Kier alpha value is -2.56. The van der Waals surface area contributed by atoms with Crippen molar-refractivity contribution in [1.82, 2.24) is 9.80 Å². The summed E-state index contributed by atoms with van der Waals surface area (Å²) in [5, 5.41) is 0. The van der Waals surface area contributed by atoms with Crippen LogP contribution in [-0.2, 0) is 5.54 Å². The average Bonchev–Trinajstić information content (AvgIpc) is 2.76. The van der Waals surface area contributed by atoms with Crippen molar-refractivity contribution in [1.29, 1.82) is 0 Å². The van der Waals surface area contributed by atoms with Crippen LogP contribution in [0.4, 0.5) is 0 Å². The van der Waals surface area contributed by atoms with E-state index in [-0.39, 0.29) is 5.54 Å². The Morgan fingerprint density at radius 2 is 1.59 bits per heavy atom. The van der Waals surface area contributed by atoms with E-state index in [0.29, 0.717) is 0 Å². The molecule has 0 aliphatic carbocycles. The van der Waals surface area contributed by atoms with E-state index in [1.807, 2.05) is 0 Å². The second-order valence-corrected chi connectivity index (χ2v) is 7.13. The second-order valence-electron chi connectivity index (χ2n) is 7.13. The lowest BCUT2D eigenvalue weighted by Crippen LogP contribution is -2.58. The second kappa shape index (κ2) is 8.42. The summed E-state index contributed by atoms with van der Waals surface area (Å²) < 4.78 is 0. The molecular weight excluding hydrogens is 332 g/mol. The molecule has 4 nitrogen and oxygen atoms in total. The molecule has 2 aromatic rings. The van der Waals surface area contributed by atoms with Gasteiger partial charge in [-0.1, -0.05) is 72.8 Å². The van der Waals surface area contributed by atoms with Gasteiger partial charge in [0.15, 0.2) is 0 Å². The van der Waals surface area contributed by atoms with Gasteiger partial charge in [-0.25, -0.2) is 4.99 Å². The molecule has 27 heavy (non-hydrogen) atoms. The topological polar surface area (TPSA) is 31.2 Å². The van der Waals surface area contributed by atoms with E-state index < -0.39 is 0 Å². The predicted octanol–water partition coefficient (Wildman–Crippen LogP) is 3.33. The molecule has 2 aliphatic heterocycles. The van der Waals surface area contributed by atoms with Crippen LogP contribution in [0.5, 0.6) is 0 Å². The van der Waals surface area contributed by atoms with Crippen molar-refractivity contribution >= 4 is 18.6 Å². The van der Waals surface area contributed by atoms with Gasteiger partial charge in [0.25, 0.3) is 0 Å². The molecule has 0 amide bonds. The lowest BCUT2D eigenvalue weighted by Gasteiger charge is -2.46. The first-order valence-electron chi connectivity index (χ1n) is 9.64. The molecule has 138 valence electrons. The molecule has 0 bridgehead atoms. The molecular formula is C23H26N4. The van der Waals surface area contributed by atoms with E-state index in [1.165, 1.54) is 11.1 Å². The minimum absolute atomic E-state index is 0.206. The molecule has 1 saturated heterocycles. The van der Waals surface area contributed by atoms with E-state index in [2.05, 4.69) is 98.8 Å². The Morgan fingerprint density at radius 3 is 2.26 bits per heavy atom. The lowest BCUT2D eigenvalue weighted by atomic mass is 9.87. The SMILES string of the molecule is C(=Cc1ccccc1)CN1CCN(C2(c3ccccc3)C=NC=NC2)CC1. The van der Waals surface area contributed by atoms with Crippen LogP contribution in [0.2, 0.25) is 0 Å². The third-order valence-electron chi connectivity index (χ3n) is 5.45. The normalized spacial score (nSPS) is 23.9. The third-order valence-corrected chi connectivity index (χ3v) is 5.45. The van der Waals surface area contributed by atoms with E-state index in [9.17, 15) is 0 Å². The molecule has 4 heteroatoms. The van der Waals surface area contributed by atoms with Crippen molar-refractivity contribution in [3.63, 3.8) is 0 Å². The van der Waals surface area contributed by atoms with Gasteiger partial charge in [-0.3, -0.25) is 14.8 Å². The monoisotopic (exact) mass is 358 g/mol. The Labute approximate surface area is 161 Å². The summed E-state index contributed by atoms with van der Waals surface area (Å²) in [6.45, 7) is 5.91. The van der Waals surface area contributed by atoms with E-state index in [4.69, 9.17) is 0 Å². The Kier molecular flexibility index (Phi) is 5.56. The molecule has 1 unspecified atom stereocenters. The van der Waals surface area contributed by atoms with Crippen LogP contribution in [0.3, 0.4) is 0 Å². The molecule has 0 spiro atoms. The Morgan fingerprint density at radius 1 is 0.889 bits per heavy atom. The molecule has 1 atom stereocenters. The van der Waals surface area contributed by atoms with Crippen molar-refractivity contribution in [3.8, 4) is 0 Å². The zero-order valence-corrected chi connectivity index (χ0v) is 15.6. The lowest BCUT2D eigenvalue weighted by molar-refractivity contribution is 0.0792. The Balaban J connectivity index is 1.39. The van der Waals surface area contributed by atoms with E-state index in [0.717, 1.165) is 39.3 Å². The fraction of sp³-hybridized carbons (Fsp3) is 0.304. The van der Waals surface area contributed by atoms with Crippen molar-refractivity contribution < 1.29 is 0 Å². The molecule has 2 heterocycles. The zero-order chi connectivity index (χ0) is 18.4. The summed E-state index contributed by atoms with van der Waals surface area (Å²) in [6, 6.07) is 21.2. The fourth-order valence-corrected chi connectivity index (χ4v) is 3.91. The third kappa shape index (κ3) is 4.07. The van der Waals surface area contributed by atoms with Crippen molar-refractivity contribution in [2.45, 2.75) is 5.54 Å². The van der Waals surface area contributed by atoms with Gasteiger partial charge in [0.2, 0.25) is 0 Å². The highest BCUT2D eigenvalue weighted by molar-refractivity contribution is 5.83. The average molecular weight is 358 g/mol. The number of hydrogen-bond donors (Lipinski definition) is 0. The van der Waals surface area contributed by atoms with Crippen LogP contribution in [0.25, 0.3) is 6.08 Å². The molecule has 0 N–H and O–H groups in total. The first kappa shape index (κ1) is 17.8. The first-order valence-corrected chi connectivity index (χ1v) is 9.64. The van der Waals surface area contributed by atoms with Crippen LogP contribution in [0, 0.1) is 0 Å². The quantitative estimate of drug-likeness (QED) is 0.821. The molecule has 0 radical (unpaired) electrons. The van der Waals surface area contributed by atoms with Crippen molar-refractivity contribution in [2.24, 2.45) is 9.98 Å². The largest absolute Gasteiger partial charge is 0.297 e. The summed E-state index contributed by atoms with van der Waals surface area (Å²) in [7, 11) is 0. The number of nitrogens with zero attached hydrogens (tertiary/aromatic N) is 4. The molecule has 1 fully saturated rings. The van der Waals surface area contributed by atoms with Crippen molar-refractivity contribution in [3.05, 3.63) is 77.9 Å². The minimum Gasteiger partial charge on any atom is -0.297 e. The van der Waals surface area contributed by atoms with Gasteiger partial charge in [-0.15, -0.1) is 0 Å². The number of aliphatic imine (C=N–C) groups is 2. The first-order chi connectivity index (χ1) is 13.4. The zero-order valence-electron chi connectivity index (χ0n) is 15.6. The van der Waals surface area contributed by atoms with Gasteiger partial charge >= 0.3 is 0 Å². The number of piperazine rings is 1. The maximum absolute atomic E-state index is 4.50. The smallest absolute Gasteiger partial charge is 0.109 e. The summed E-state index contributed by atoms with van der Waals surface area (Å²) in [6.07, 6.45) is 8.23. The van der Waals surface area contributed by atoms with Gasteiger partial charge in [0.1, 0.15) is 11.9 Å². The van der Waals surface area contributed by atoms with E-state index >= 15 is 0 Å². The maximum atomic E-state index is 4.50.